The van der Waals surface area contributed by atoms with Crippen LogP contribution in [0.2, 0.25) is 0 Å². The molecule has 0 amide bonds. The Morgan fingerprint density at radius 1 is 1.22 bits per heavy atom. The molecule has 2 heterocycles. The third-order valence-electron chi connectivity index (χ3n) is 5.70. The van der Waals surface area contributed by atoms with Crippen LogP contribution in [0.3, 0.4) is 0 Å². The van der Waals surface area contributed by atoms with Crippen LogP contribution in [0.5, 0.6) is 0 Å². The molecular weight excluding hydrogens is 284 g/mol. The predicted octanol–water partition coefficient (Wildman–Crippen LogP) is 3.70. The summed E-state index contributed by atoms with van der Waals surface area (Å²) >= 11 is 0. The Labute approximate surface area is 139 Å². The number of nitrogens with zero attached hydrogens (tertiary/aromatic N) is 2. The molecule has 1 aliphatic heterocycles. The summed E-state index contributed by atoms with van der Waals surface area (Å²) in [5.74, 6) is 0.678. The maximum Gasteiger partial charge on any atom is 0.0603 e. The molecule has 0 unspecified atom stereocenters. The van der Waals surface area contributed by atoms with E-state index in [1.165, 1.54) is 63.7 Å². The molecule has 0 radical (unpaired) electrons. The van der Waals surface area contributed by atoms with Gasteiger partial charge in [0.05, 0.1) is 23.3 Å². The van der Waals surface area contributed by atoms with E-state index in [9.17, 15) is 0 Å². The topological polar surface area (TPSA) is 54.2 Å². The second-order valence-electron chi connectivity index (χ2n) is 7.48. The van der Waals surface area contributed by atoms with E-state index in [1.807, 2.05) is 19.2 Å². The van der Waals surface area contributed by atoms with Crippen molar-refractivity contribution in [3.8, 4) is 0 Å². The van der Waals surface area contributed by atoms with E-state index in [2.05, 4.69) is 15.2 Å². The molecule has 4 heteroatoms. The lowest BCUT2D eigenvalue weighted by atomic mass is 9.87. The number of allylic oxidation sites excluding steroid dienone is 1. The quantitative estimate of drug-likeness (QED) is 0.890. The zero-order chi connectivity index (χ0) is 15.8. The fraction of sp³-hybridized carbons (Fsp3) is 0.632. The zero-order valence-corrected chi connectivity index (χ0v) is 14.1. The lowest BCUT2D eigenvalue weighted by Crippen LogP contribution is -2.53. The van der Waals surface area contributed by atoms with Gasteiger partial charge in [-0.25, -0.2) is 0 Å². The van der Waals surface area contributed by atoms with Crippen molar-refractivity contribution >= 4 is 11.4 Å². The summed E-state index contributed by atoms with van der Waals surface area (Å²) in [5, 5.41) is 3.64. The van der Waals surface area contributed by atoms with Crippen LogP contribution in [0.25, 0.3) is 0 Å². The van der Waals surface area contributed by atoms with Gasteiger partial charge >= 0.3 is 0 Å². The van der Waals surface area contributed by atoms with E-state index in [-0.39, 0.29) is 0 Å². The van der Waals surface area contributed by atoms with Crippen molar-refractivity contribution in [2.24, 2.45) is 5.92 Å². The fourth-order valence-electron chi connectivity index (χ4n) is 4.02. The van der Waals surface area contributed by atoms with Crippen LogP contribution in [0.1, 0.15) is 50.6 Å². The summed E-state index contributed by atoms with van der Waals surface area (Å²) in [6.45, 7) is 4.41. The van der Waals surface area contributed by atoms with Gasteiger partial charge in [-0.2, -0.15) is 0 Å². The third-order valence-corrected chi connectivity index (χ3v) is 5.70. The SMILES string of the molecule is Cc1ncc(NC(=C2CC2)C2CN(C3CCCCC3)C2)cc1N. The first kappa shape index (κ1) is 15.0. The number of nitrogens with two attached hydrogens (primary N) is 1. The molecule has 124 valence electrons. The lowest BCUT2D eigenvalue weighted by molar-refractivity contribution is 0.0517. The number of aromatic nitrogens is 1. The van der Waals surface area contributed by atoms with Crippen LogP contribution in [-0.2, 0) is 0 Å². The molecule has 3 N–H and O–H groups in total. The van der Waals surface area contributed by atoms with Crippen LogP contribution in [0.4, 0.5) is 11.4 Å². The molecule has 2 saturated carbocycles. The number of hydrogen-bond donors (Lipinski definition) is 2. The largest absolute Gasteiger partial charge is 0.397 e. The van der Waals surface area contributed by atoms with E-state index in [4.69, 9.17) is 5.73 Å². The summed E-state index contributed by atoms with van der Waals surface area (Å²) < 4.78 is 0. The van der Waals surface area contributed by atoms with Gasteiger partial charge in [0.25, 0.3) is 0 Å². The van der Waals surface area contributed by atoms with E-state index in [1.54, 1.807) is 5.57 Å². The molecule has 4 nitrogen and oxygen atoms in total. The van der Waals surface area contributed by atoms with Crippen molar-refractivity contribution in [1.29, 1.82) is 0 Å². The second kappa shape index (κ2) is 6.16. The molecule has 0 bridgehead atoms. The van der Waals surface area contributed by atoms with Gasteiger partial charge in [-0.15, -0.1) is 0 Å². The van der Waals surface area contributed by atoms with Crippen molar-refractivity contribution in [3.63, 3.8) is 0 Å². The highest BCUT2D eigenvalue weighted by Crippen LogP contribution is 2.40. The van der Waals surface area contributed by atoms with Crippen molar-refractivity contribution in [1.82, 2.24) is 9.88 Å². The van der Waals surface area contributed by atoms with Gasteiger partial charge in [0, 0.05) is 30.7 Å². The fourth-order valence-corrected chi connectivity index (χ4v) is 4.02. The first-order chi connectivity index (χ1) is 11.2. The Morgan fingerprint density at radius 2 is 1.96 bits per heavy atom. The number of rotatable bonds is 4. The minimum Gasteiger partial charge on any atom is -0.397 e. The normalized spacial score (nSPS) is 22.7. The molecule has 3 fully saturated rings. The molecule has 2 aliphatic carbocycles. The van der Waals surface area contributed by atoms with Gasteiger partial charge in [0.1, 0.15) is 0 Å². The van der Waals surface area contributed by atoms with E-state index < -0.39 is 0 Å². The Bertz CT molecular complexity index is 604. The van der Waals surface area contributed by atoms with Crippen molar-refractivity contribution in [2.75, 3.05) is 24.1 Å². The Balaban J connectivity index is 1.40. The minimum absolute atomic E-state index is 0.678. The number of aryl methyl sites for hydroxylation is 1. The highest BCUT2D eigenvalue weighted by Gasteiger charge is 2.37. The first-order valence-electron chi connectivity index (χ1n) is 9.16. The molecule has 0 spiro atoms. The van der Waals surface area contributed by atoms with Gasteiger partial charge in [-0.1, -0.05) is 19.3 Å². The van der Waals surface area contributed by atoms with Crippen molar-refractivity contribution < 1.29 is 0 Å². The van der Waals surface area contributed by atoms with Crippen molar-refractivity contribution in [2.45, 2.75) is 57.9 Å². The molecule has 3 aliphatic rings. The van der Waals surface area contributed by atoms with Crippen LogP contribution >= 0.6 is 0 Å². The average molecular weight is 312 g/mol. The average Bonchev–Trinajstić information content (AvgIpc) is 3.34. The summed E-state index contributed by atoms with van der Waals surface area (Å²) in [6, 6.07) is 2.87. The number of anilines is 2. The smallest absolute Gasteiger partial charge is 0.0603 e. The monoisotopic (exact) mass is 312 g/mol. The van der Waals surface area contributed by atoms with Gasteiger partial charge in [0.2, 0.25) is 0 Å². The van der Waals surface area contributed by atoms with Crippen LogP contribution in [-0.4, -0.2) is 29.0 Å². The summed E-state index contributed by atoms with van der Waals surface area (Å²) in [4.78, 5) is 7.09. The zero-order valence-electron chi connectivity index (χ0n) is 14.1. The number of likely N-dealkylation sites (tertiary alicyclic amines) is 1. The van der Waals surface area contributed by atoms with E-state index in [0.29, 0.717) is 5.92 Å². The van der Waals surface area contributed by atoms with Gasteiger partial charge in [-0.3, -0.25) is 9.88 Å². The Hall–Kier alpha value is -1.55. The Morgan fingerprint density at radius 3 is 2.61 bits per heavy atom. The Kier molecular flexibility index (Phi) is 4.02. The maximum atomic E-state index is 6.00. The predicted molar refractivity (Wildman–Crippen MR) is 95.2 cm³/mol. The first-order valence-corrected chi connectivity index (χ1v) is 9.16. The summed E-state index contributed by atoms with van der Waals surface area (Å²) in [6.07, 6.45) is 11.5. The molecule has 23 heavy (non-hydrogen) atoms. The third kappa shape index (κ3) is 3.23. The number of pyridine rings is 1. The molecule has 1 aromatic heterocycles. The van der Waals surface area contributed by atoms with Gasteiger partial charge < -0.3 is 11.1 Å². The van der Waals surface area contributed by atoms with Gasteiger partial charge in [0.15, 0.2) is 0 Å². The summed E-state index contributed by atoms with van der Waals surface area (Å²) in [5.41, 5.74) is 11.8. The van der Waals surface area contributed by atoms with E-state index >= 15 is 0 Å². The molecular formula is C19H28N4. The number of nitrogen functional groups attached to an aromatic ring is 1. The van der Waals surface area contributed by atoms with Gasteiger partial charge in [-0.05, 0) is 44.2 Å². The highest BCUT2D eigenvalue weighted by molar-refractivity contribution is 5.58. The van der Waals surface area contributed by atoms with Crippen LogP contribution in [0.15, 0.2) is 23.5 Å². The molecule has 4 rings (SSSR count). The molecule has 1 saturated heterocycles. The van der Waals surface area contributed by atoms with E-state index in [0.717, 1.165) is 23.1 Å². The minimum atomic E-state index is 0.678. The number of hydrogen-bond acceptors (Lipinski definition) is 4. The van der Waals surface area contributed by atoms with Crippen LogP contribution < -0.4 is 11.1 Å². The van der Waals surface area contributed by atoms with Crippen LogP contribution in [0, 0.1) is 12.8 Å². The van der Waals surface area contributed by atoms with Crippen molar-refractivity contribution in [3.05, 3.63) is 29.2 Å². The number of nitrogens with one attached hydrogen (secondary N) is 1. The molecule has 1 aromatic rings. The highest BCUT2D eigenvalue weighted by atomic mass is 15.2. The standard InChI is InChI=1S/C19H28N4/c1-13-18(20)9-16(10-21-13)22-19(14-7-8-14)15-11-23(12-15)17-5-3-2-4-6-17/h9-10,15,17,22H,2-8,11-12,20H2,1H3. The molecule has 0 aromatic carbocycles. The second-order valence-corrected chi connectivity index (χ2v) is 7.48. The maximum absolute atomic E-state index is 6.00. The summed E-state index contributed by atoms with van der Waals surface area (Å²) in [7, 11) is 0. The molecule has 0 atom stereocenters. The lowest BCUT2D eigenvalue weighted by Gasteiger charge is -2.46.